The lowest BCUT2D eigenvalue weighted by Gasteiger charge is -2.65. The molecule has 1 saturated heterocycles. The number of hydrogen-bond donors (Lipinski definition) is 6. The lowest BCUT2D eigenvalue weighted by molar-refractivity contribution is -0.177. The van der Waals surface area contributed by atoms with E-state index in [4.69, 9.17) is 10.5 Å². The minimum absolute atomic E-state index is 0.0488. The van der Waals surface area contributed by atoms with Gasteiger partial charge >= 0.3 is 0 Å². The molecule has 0 amide bonds. The van der Waals surface area contributed by atoms with Crippen molar-refractivity contribution in [1.82, 2.24) is 5.32 Å². The number of nitrogens with one attached hydrogen (secondary N) is 1. The molecule has 3 saturated carbocycles. The quantitative estimate of drug-likeness (QED) is 0.164. The topological polar surface area (TPSA) is 149 Å². The molecule has 8 heteroatoms. The predicted molar refractivity (Wildman–Crippen MR) is 205 cm³/mol. The van der Waals surface area contributed by atoms with E-state index in [0.717, 1.165) is 55.2 Å². The van der Waals surface area contributed by atoms with Crippen molar-refractivity contribution in [2.24, 2.45) is 51.6 Å². The third-order valence-corrected chi connectivity index (χ3v) is 16.7. The Morgan fingerprint density at radius 3 is 2.47 bits per heavy atom. The summed E-state index contributed by atoms with van der Waals surface area (Å²) in [6.45, 7) is 13.1. The SMILES string of the molecule is CC(C)(CCC1=CCNC(N)=C1)[C@@](C)(O)[C@H]1O[C@@H]1[C@](C)(O)[C@H]1C[C@@H]2CCC3=C4[C@H]([C@H](CCc5ccccc5)C[C@@]1(C)[C@]42O)[C@@]1(C)CC[C@H](O)C[C@H]1C3=O. The number of nitrogens with two attached hydrogens (primary N) is 1. The summed E-state index contributed by atoms with van der Waals surface area (Å²) in [6.07, 6.45) is 10.5. The van der Waals surface area contributed by atoms with E-state index in [1.807, 2.05) is 26.0 Å². The second kappa shape index (κ2) is 12.5. The van der Waals surface area contributed by atoms with Crippen LogP contribution in [0.25, 0.3) is 0 Å². The molecular formula is C45H64N2O6. The van der Waals surface area contributed by atoms with Gasteiger partial charge in [0.05, 0.1) is 28.7 Å². The highest BCUT2D eigenvalue weighted by atomic mass is 16.6. The number of ether oxygens (including phenoxy) is 1. The van der Waals surface area contributed by atoms with Crippen LogP contribution in [0, 0.1) is 45.8 Å². The van der Waals surface area contributed by atoms with Crippen LogP contribution in [0.2, 0.25) is 0 Å². The molecule has 2 aliphatic heterocycles. The number of benzene rings is 1. The van der Waals surface area contributed by atoms with Gasteiger partial charge in [0.15, 0.2) is 5.78 Å². The van der Waals surface area contributed by atoms with E-state index >= 15 is 0 Å². The Bertz CT molecular complexity index is 1730. The van der Waals surface area contributed by atoms with Crippen LogP contribution in [0.3, 0.4) is 0 Å². The lowest BCUT2D eigenvalue weighted by Crippen LogP contribution is -2.66. The Morgan fingerprint density at radius 1 is 1.02 bits per heavy atom. The number of carbonyl (C=O) groups is 1. The van der Waals surface area contributed by atoms with E-state index in [-0.39, 0.29) is 40.8 Å². The minimum atomic E-state index is -1.32. The van der Waals surface area contributed by atoms with Crippen LogP contribution in [0.4, 0.5) is 0 Å². The third-order valence-electron chi connectivity index (χ3n) is 16.7. The zero-order valence-electron chi connectivity index (χ0n) is 32.8. The van der Waals surface area contributed by atoms with Crippen molar-refractivity contribution in [2.45, 2.75) is 147 Å². The number of Topliss-reactive ketones (excluding diaryl/α,β-unsaturated/α-hetero) is 1. The zero-order valence-corrected chi connectivity index (χ0v) is 32.8. The van der Waals surface area contributed by atoms with Gasteiger partial charge in [0.1, 0.15) is 12.2 Å². The highest BCUT2D eigenvalue weighted by Gasteiger charge is 2.77. The van der Waals surface area contributed by atoms with Crippen molar-refractivity contribution in [2.75, 3.05) is 6.54 Å². The van der Waals surface area contributed by atoms with Crippen LogP contribution in [0.1, 0.15) is 111 Å². The van der Waals surface area contributed by atoms with Crippen LogP contribution in [0.15, 0.2) is 65.0 Å². The molecule has 8 nitrogen and oxygen atoms in total. The van der Waals surface area contributed by atoms with Gasteiger partial charge in [-0.15, -0.1) is 0 Å². The van der Waals surface area contributed by atoms with Crippen molar-refractivity contribution < 1.29 is 30.0 Å². The van der Waals surface area contributed by atoms with Gasteiger partial charge in [-0.3, -0.25) is 4.79 Å². The molecule has 5 aliphatic carbocycles. The molecule has 1 aromatic rings. The van der Waals surface area contributed by atoms with Gasteiger partial charge in [-0.2, -0.15) is 0 Å². The number of allylic oxidation sites excluding steroid dienone is 3. The fraction of sp³-hybridized carbons (Fsp3) is 0.711. The van der Waals surface area contributed by atoms with Gasteiger partial charge in [-0.05, 0) is 147 Å². The van der Waals surface area contributed by atoms with E-state index in [9.17, 15) is 25.2 Å². The highest BCUT2D eigenvalue weighted by Crippen LogP contribution is 2.75. The van der Waals surface area contributed by atoms with Gasteiger partial charge < -0.3 is 36.2 Å². The van der Waals surface area contributed by atoms with Crippen LogP contribution in [-0.2, 0) is 16.0 Å². The third kappa shape index (κ3) is 5.50. The molecular weight excluding hydrogens is 665 g/mol. The summed E-state index contributed by atoms with van der Waals surface area (Å²) < 4.78 is 6.42. The summed E-state index contributed by atoms with van der Waals surface area (Å²) in [5.74, 6) is 0.444. The fourth-order valence-electron chi connectivity index (χ4n) is 13.2. The van der Waals surface area contributed by atoms with Crippen molar-refractivity contribution in [3.8, 4) is 0 Å². The Kier molecular flexibility index (Phi) is 8.84. The van der Waals surface area contributed by atoms with Gasteiger partial charge in [0, 0.05) is 17.9 Å². The normalized spacial score (nSPS) is 42.7. The first kappa shape index (κ1) is 37.4. The molecule has 0 unspecified atom stereocenters. The molecule has 8 rings (SSSR count). The molecule has 2 heterocycles. The lowest BCUT2D eigenvalue weighted by atomic mass is 9.40. The molecule has 0 spiro atoms. The summed E-state index contributed by atoms with van der Waals surface area (Å²) in [5.41, 5.74) is 4.95. The maximum absolute atomic E-state index is 14.6. The predicted octanol–water partition coefficient (Wildman–Crippen LogP) is 5.87. The number of ketones is 1. The van der Waals surface area contributed by atoms with Gasteiger partial charge in [0.2, 0.25) is 0 Å². The first-order valence-electron chi connectivity index (χ1n) is 20.6. The van der Waals surface area contributed by atoms with Gasteiger partial charge in [0.25, 0.3) is 0 Å². The molecule has 0 aromatic heterocycles. The number of aliphatic hydroxyl groups is 4. The van der Waals surface area contributed by atoms with Crippen molar-refractivity contribution >= 4 is 5.78 Å². The number of dihydropyridines is 1. The van der Waals surface area contributed by atoms with Crippen molar-refractivity contribution in [3.63, 3.8) is 0 Å². The summed E-state index contributed by atoms with van der Waals surface area (Å²) in [5, 5.41) is 52.6. The van der Waals surface area contributed by atoms with Crippen LogP contribution in [0.5, 0.6) is 0 Å². The first-order chi connectivity index (χ1) is 24.9. The average Bonchev–Trinajstić information content (AvgIpc) is 3.90. The summed E-state index contributed by atoms with van der Waals surface area (Å²) >= 11 is 0. The zero-order chi connectivity index (χ0) is 37.9. The fourth-order valence-corrected chi connectivity index (χ4v) is 13.2. The number of fused-ring (bicyclic) bond motifs is 2. The Morgan fingerprint density at radius 2 is 1.75 bits per heavy atom. The summed E-state index contributed by atoms with van der Waals surface area (Å²) in [7, 11) is 0. The van der Waals surface area contributed by atoms with Crippen molar-refractivity contribution in [3.05, 3.63) is 70.6 Å². The molecule has 4 fully saturated rings. The highest BCUT2D eigenvalue weighted by molar-refractivity contribution is 6.00. The largest absolute Gasteiger partial charge is 0.393 e. The van der Waals surface area contributed by atoms with E-state index in [1.54, 1.807) is 0 Å². The second-order valence-electron chi connectivity index (χ2n) is 19.9. The van der Waals surface area contributed by atoms with E-state index in [0.29, 0.717) is 44.5 Å². The molecule has 0 radical (unpaired) electrons. The molecule has 1 aromatic carbocycles. The van der Waals surface area contributed by atoms with Gasteiger partial charge in [-0.1, -0.05) is 64.1 Å². The number of hydrogen-bond acceptors (Lipinski definition) is 8. The maximum atomic E-state index is 14.6. The molecule has 0 bridgehead atoms. The first-order valence-corrected chi connectivity index (χ1v) is 20.6. The smallest absolute Gasteiger partial charge is 0.162 e. The van der Waals surface area contributed by atoms with Crippen LogP contribution < -0.4 is 11.1 Å². The van der Waals surface area contributed by atoms with E-state index in [1.165, 1.54) is 5.56 Å². The molecule has 53 heavy (non-hydrogen) atoms. The maximum Gasteiger partial charge on any atom is 0.162 e. The Hall–Kier alpha value is -2.49. The van der Waals surface area contributed by atoms with E-state index < -0.39 is 45.9 Å². The summed E-state index contributed by atoms with van der Waals surface area (Å²) in [6, 6.07) is 10.6. The number of epoxide rings is 1. The summed E-state index contributed by atoms with van der Waals surface area (Å²) in [4.78, 5) is 14.6. The second-order valence-corrected chi connectivity index (χ2v) is 19.9. The van der Waals surface area contributed by atoms with Crippen LogP contribution >= 0.6 is 0 Å². The number of carbonyl (C=O) groups excluding carboxylic acids is 1. The monoisotopic (exact) mass is 728 g/mol. The number of aliphatic hydroxyl groups excluding tert-OH is 1. The molecule has 290 valence electrons. The molecule has 7 aliphatic rings. The molecule has 7 N–H and O–H groups in total. The van der Waals surface area contributed by atoms with Gasteiger partial charge in [-0.25, -0.2) is 0 Å². The van der Waals surface area contributed by atoms with Crippen molar-refractivity contribution in [1.29, 1.82) is 0 Å². The van der Waals surface area contributed by atoms with E-state index in [2.05, 4.69) is 63.4 Å². The minimum Gasteiger partial charge on any atom is -0.393 e. The molecule has 13 atom stereocenters. The Labute approximate surface area is 316 Å². The Balaban J connectivity index is 1.13. The standard InChI is InChI=1S/C45H64N2O6/c1-40(2,19-16-27-18-21-47-34(46)22-27)44(6,51)39-38(53-39)43(5,50)33-23-29-14-15-31-36-35(41(3)20-17-30(48)24-32(41)37(31)49)28(25-42(33,4)45(29,36)52)13-12-26-10-8-7-9-11-26/h7-11,18,22,28-30,32-33,35,38-39,47-48,50-52H,12-17,19-21,23-25,46H2,1-6H3/t28-,29+,30+,32+,33+,35+,38+,39+,41+,42-,43-,44+,45-/m1/s1. The number of aryl methyl sites for hydroxylation is 1. The average molecular weight is 729 g/mol. The van der Waals surface area contributed by atoms with Crippen LogP contribution in [-0.4, -0.2) is 67.9 Å². The number of rotatable bonds is 10.